The second-order valence-electron chi connectivity index (χ2n) is 4.95. The molecule has 0 fully saturated rings. The predicted octanol–water partition coefficient (Wildman–Crippen LogP) is 1.91. The highest BCUT2D eigenvalue weighted by Crippen LogP contribution is 1.97. The highest BCUT2D eigenvalue weighted by Gasteiger charge is 2.13. The quantitative estimate of drug-likeness (QED) is 0.753. The Kier molecular flexibility index (Phi) is 7.11. The Labute approximate surface area is 116 Å². The van der Waals surface area contributed by atoms with Gasteiger partial charge in [0.05, 0.1) is 6.04 Å². The number of rotatable bonds is 8. The summed E-state index contributed by atoms with van der Waals surface area (Å²) in [4.78, 5) is 16.1. The number of nitrogens with zero attached hydrogens (tertiary/aromatic N) is 1. The summed E-state index contributed by atoms with van der Waals surface area (Å²) in [6.45, 7) is 6.82. The van der Waals surface area contributed by atoms with Gasteiger partial charge >= 0.3 is 0 Å². The van der Waals surface area contributed by atoms with E-state index in [2.05, 4.69) is 22.5 Å². The van der Waals surface area contributed by atoms with Gasteiger partial charge in [-0.2, -0.15) is 0 Å². The number of hydrogen-bond donors (Lipinski definition) is 2. The number of pyridine rings is 1. The first-order valence-corrected chi connectivity index (χ1v) is 7.07. The van der Waals surface area contributed by atoms with Crippen LogP contribution >= 0.6 is 0 Å². The lowest BCUT2D eigenvalue weighted by Gasteiger charge is -2.18. The van der Waals surface area contributed by atoms with Crippen LogP contribution in [0.25, 0.3) is 0 Å². The number of hydrogen-bond acceptors (Lipinski definition) is 3. The summed E-state index contributed by atoms with van der Waals surface area (Å²) in [5.41, 5.74) is 1.04. The van der Waals surface area contributed by atoms with Crippen LogP contribution in [0.5, 0.6) is 0 Å². The molecule has 4 heteroatoms. The maximum absolute atomic E-state index is 11.9. The molecule has 0 aliphatic carbocycles. The molecule has 0 radical (unpaired) electrons. The smallest absolute Gasteiger partial charge is 0.237 e. The van der Waals surface area contributed by atoms with Crippen LogP contribution in [-0.2, 0) is 11.2 Å². The molecular formula is C15H25N3O. The summed E-state index contributed by atoms with van der Waals surface area (Å²) < 4.78 is 0. The Balaban J connectivity index is 2.23. The normalized spacial score (nSPS) is 13.8. The van der Waals surface area contributed by atoms with E-state index in [1.807, 2.05) is 32.0 Å². The van der Waals surface area contributed by atoms with Crippen LogP contribution in [0.4, 0.5) is 0 Å². The van der Waals surface area contributed by atoms with Crippen LogP contribution in [-0.4, -0.2) is 29.5 Å². The fraction of sp³-hybridized carbons (Fsp3) is 0.600. The molecule has 1 aromatic rings. The van der Waals surface area contributed by atoms with E-state index >= 15 is 0 Å². The summed E-state index contributed by atoms with van der Waals surface area (Å²) in [6.07, 6.45) is 4.73. The van der Waals surface area contributed by atoms with Gasteiger partial charge in [0, 0.05) is 30.9 Å². The van der Waals surface area contributed by atoms with Gasteiger partial charge in [-0.15, -0.1) is 0 Å². The summed E-state index contributed by atoms with van der Waals surface area (Å²) in [6, 6.07) is 5.96. The zero-order valence-corrected chi connectivity index (χ0v) is 12.1. The monoisotopic (exact) mass is 263 g/mol. The minimum atomic E-state index is -0.164. The van der Waals surface area contributed by atoms with Crippen molar-refractivity contribution in [1.29, 1.82) is 0 Å². The molecule has 1 heterocycles. The Morgan fingerprint density at radius 2 is 2.16 bits per heavy atom. The van der Waals surface area contributed by atoms with Crippen LogP contribution < -0.4 is 10.6 Å². The molecule has 106 valence electrons. The molecule has 2 atom stereocenters. The number of amides is 1. The summed E-state index contributed by atoms with van der Waals surface area (Å²) in [7, 11) is 0. The van der Waals surface area contributed by atoms with Gasteiger partial charge in [-0.05, 0) is 32.4 Å². The van der Waals surface area contributed by atoms with E-state index in [-0.39, 0.29) is 18.0 Å². The molecule has 0 aliphatic rings. The average Bonchev–Trinajstić information content (AvgIpc) is 2.40. The fourth-order valence-electron chi connectivity index (χ4n) is 1.93. The molecule has 1 amide bonds. The van der Waals surface area contributed by atoms with Gasteiger partial charge in [-0.3, -0.25) is 9.78 Å². The van der Waals surface area contributed by atoms with Crippen molar-refractivity contribution in [3.63, 3.8) is 0 Å². The maximum Gasteiger partial charge on any atom is 0.237 e. The van der Waals surface area contributed by atoms with Gasteiger partial charge in [0.15, 0.2) is 0 Å². The van der Waals surface area contributed by atoms with Gasteiger partial charge in [0.25, 0.3) is 0 Å². The van der Waals surface area contributed by atoms with E-state index < -0.39 is 0 Å². The minimum Gasteiger partial charge on any atom is -0.352 e. The van der Waals surface area contributed by atoms with Crippen molar-refractivity contribution in [3.05, 3.63) is 30.1 Å². The van der Waals surface area contributed by atoms with E-state index in [0.717, 1.165) is 31.5 Å². The van der Waals surface area contributed by atoms with Crippen molar-refractivity contribution in [2.45, 2.75) is 52.1 Å². The first kappa shape index (κ1) is 15.6. The molecular weight excluding hydrogens is 238 g/mol. The van der Waals surface area contributed by atoms with Crippen LogP contribution in [0.2, 0.25) is 0 Å². The highest BCUT2D eigenvalue weighted by molar-refractivity contribution is 5.81. The summed E-state index contributed by atoms with van der Waals surface area (Å²) in [5.74, 6) is 0.0713. The molecule has 4 nitrogen and oxygen atoms in total. The van der Waals surface area contributed by atoms with Crippen molar-refractivity contribution >= 4 is 5.91 Å². The van der Waals surface area contributed by atoms with E-state index in [4.69, 9.17) is 0 Å². The second kappa shape index (κ2) is 8.64. The summed E-state index contributed by atoms with van der Waals surface area (Å²) >= 11 is 0. The van der Waals surface area contributed by atoms with Crippen molar-refractivity contribution in [2.75, 3.05) is 6.54 Å². The number of aromatic nitrogens is 1. The fourth-order valence-corrected chi connectivity index (χ4v) is 1.93. The van der Waals surface area contributed by atoms with Crippen molar-refractivity contribution in [1.82, 2.24) is 15.6 Å². The van der Waals surface area contributed by atoms with Crippen LogP contribution in [0.3, 0.4) is 0 Å². The molecule has 0 aromatic carbocycles. The van der Waals surface area contributed by atoms with Crippen LogP contribution in [0.1, 0.15) is 39.3 Å². The lowest BCUT2D eigenvalue weighted by Crippen LogP contribution is -2.45. The van der Waals surface area contributed by atoms with Crippen molar-refractivity contribution in [2.24, 2.45) is 0 Å². The lowest BCUT2D eigenvalue weighted by molar-refractivity contribution is -0.123. The van der Waals surface area contributed by atoms with E-state index in [1.54, 1.807) is 6.20 Å². The van der Waals surface area contributed by atoms with Gasteiger partial charge < -0.3 is 10.6 Å². The maximum atomic E-state index is 11.9. The highest BCUT2D eigenvalue weighted by atomic mass is 16.2. The molecule has 1 aromatic heterocycles. The van der Waals surface area contributed by atoms with Crippen molar-refractivity contribution in [3.8, 4) is 0 Å². The predicted molar refractivity (Wildman–Crippen MR) is 77.9 cm³/mol. The number of carbonyl (C=O) groups is 1. The average molecular weight is 263 g/mol. The number of carbonyl (C=O) groups excluding carboxylic acids is 1. The Bertz CT molecular complexity index is 367. The molecule has 0 saturated carbocycles. The van der Waals surface area contributed by atoms with Gasteiger partial charge in [0.2, 0.25) is 5.91 Å². The largest absolute Gasteiger partial charge is 0.352 e. The van der Waals surface area contributed by atoms with Crippen LogP contribution in [0.15, 0.2) is 24.4 Å². The zero-order chi connectivity index (χ0) is 14.1. The third-order valence-electron chi connectivity index (χ3n) is 3.06. The molecule has 2 N–H and O–H groups in total. The Morgan fingerprint density at radius 3 is 2.79 bits per heavy atom. The molecule has 19 heavy (non-hydrogen) atoms. The molecule has 0 bridgehead atoms. The molecule has 0 aliphatic heterocycles. The van der Waals surface area contributed by atoms with E-state index in [0.29, 0.717) is 0 Å². The molecule has 0 spiro atoms. The van der Waals surface area contributed by atoms with Crippen LogP contribution in [0, 0.1) is 0 Å². The standard InChI is InChI=1S/C15H25N3O/c1-4-7-12(2)18-15(19)13(3)16-11-9-14-8-5-6-10-17-14/h5-6,8,10,12-13,16H,4,7,9,11H2,1-3H3,(H,18,19). The lowest BCUT2D eigenvalue weighted by atomic mass is 10.2. The summed E-state index contributed by atoms with van der Waals surface area (Å²) in [5, 5.41) is 6.24. The molecule has 2 unspecified atom stereocenters. The van der Waals surface area contributed by atoms with Gasteiger partial charge in [0.1, 0.15) is 0 Å². The molecule has 0 saturated heterocycles. The molecule has 1 rings (SSSR count). The van der Waals surface area contributed by atoms with Crippen molar-refractivity contribution < 1.29 is 4.79 Å². The first-order chi connectivity index (χ1) is 9.13. The topological polar surface area (TPSA) is 54.0 Å². The first-order valence-electron chi connectivity index (χ1n) is 7.07. The van der Waals surface area contributed by atoms with E-state index in [1.165, 1.54) is 0 Å². The van der Waals surface area contributed by atoms with Gasteiger partial charge in [-0.25, -0.2) is 0 Å². The van der Waals surface area contributed by atoms with Gasteiger partial charge in [-0.1, -0.05) is 19.4 Å². The minimum absolute atomic E-state index is 0.0713. The third kappa shape index (κ3) is 6.34. The second-order valence-corrected chi connectivity index (χ2v) is 4.95. The number of nitrogens with one attached hydrogen (secondary N) is 2. The zero-order valence-electron chi connectivity index (χ0n) is 12.1. The Hall–Kier alpha value is -1.42. The Morgan fingerprint density at radius 1 is 1.37 bits per heavy atom. The third-order valence-corrected chi connectivity index (χ3v) is 3.06. The van der Waals surface area contributed by atoms with E-state index in [9.17, 15) is 4.79 Å². The SMILES string of the molecule is CCCC(C)NC(=O)C(C)NCCc1ccccn1.